The molecule has 2 saturated heterocycles. The lowest BCUT2D eigenvalue weighted by Crippen LogP contribution is -2.90. The van der Waals surface area contributed by atoms with Gasteiger partial charge in [0, 0.05) is 10.8 Å². The third-order valence-electron chi connectivity index (χ3n) is 5.75. The molecular formula is C22H34N2O6S2. The summed E-state index contributed by atoms with van der Waals surface area (Å²) in [5, 5.41) is 4.71. The molecule has 0 aromatic heterocycles. The zero-order valence-corrected chi connectivity index (χ0v) is 20.3. The van der Waals surface area contributed by atoms with Crippen molar-refractivity contribution in [3.8, 4) is 0 Å². The summed E-state index contributed by atoms with van der Waals surface area (Å²) < 4.78 is 66.1. The molecule has 0 aliphatic carbocycles. The summed E-state index contributed by atoms with van der Waals surface area (Å²) >= 11 is 0. The fourth-order valence-electron chi connectivity index (χ4n) is 3.95. The summed E-state index contributed by atoms with van der Waals surface area (Å²) in [6.45, 7) is 7.33. The summed E-state index contributed by atoms with van der Waals surface area (Å²) in [6, 6.07) is 8.91. The topological polar surface area (TPSA) is 148 Å². The van der Waals surface area contributed by atoms with Crippen LogP contribution in [-0.2, 0) is 20.2 Å². The fraction of sp³-hybridized carbons (Fsp3) is 0.545. The number of nitrogens with two attached hydrogens (primary N) is 2. The van der Waals surface area contributed by atoms with E-state index in [0.717, 1.165) is 24.2 Å². The monoisotopic (exact) mass is 486 g/mol. The molecule has 0 radical (unpaired) electrons. The molecule has 10 heteroatoms. The van der Waals surface area contributed by atoms with E-state index in [2.05, 4.69) is 24.5 Å². The molecule has 180 valence electrons. The zero-order valence-electron chi connectivity index (χ0n) is 18.7. The van der Waals surface area contributed by atoms with Gasteiger partial charge in [-0.05, 0) is 64.5 Å². The van der Waals surface area contributed by atoms with Gasteiger partial charge in [-0.2, -0.15) is 0 Å². The number of piperidine rings is 2. The van der Waals surface area contributed by atoms with Crippen molar-refractivity contribution in [2.24, 2.45) is 0 Å². The van der Waals surface area contributed by atoms with Crippen molar-refractivity contribution in [3.05, 3.63) is 36.4 Å². The number of fused-ring (bicyclic) bond motifs is 1. The first-order chi connectivity index (χ1) is 15.0. The number of quaternary nitrogens is 2. The predicted octanol–water partition coefficient (Wildman–Crippen LogP) is 0.892. The quantitative estimate of drug-likeness (QED) is 0.603. The molecule has 0 saturated carbocycles. The molecular weight excluding hydrogens is 452 g/mol. The van der Waals surface area contributed by atoms with Gasteiger partial charge < -0.3 is 19.7 Å². The highest BCUT2D eigenvalue weighted by molar-refractivity contribution is 7.86. The van der Waals surface area contributed by atoms with Crippen LogP contribution < -0.4 is 10.6 Å². The van der Waals surface area contributed by atoms with E-state index in [9.17, 15) is 25.9 Å². The van der Waals surface area contributed by atoms with Gasteiger partial charge in [-0.15, -0.1) is 0 Å². The van der Waals surface area contributed by atoms with E-state index in [1.165, 1.54) is 75.9 Å². The van der Waals surface area contributed by atoms with Gasteiger partial charge in [0.1, 0.15) is 20.2 Å². The second-order valence-electron chi connectivity index (χ2n) is 8.51. The number of benzene rings is 2. The molecule has 2 atom stereocenters. The lowest BCUT2D eigenvalue weighted by molar-refractivity contribution is -0.694. The predicted molar refractivity (Wildman–Crippen MR) is 120 cm³/mol. The van der Waals surface area contributed by atoms with Crippen LogP contribution in [0.3, 0.4) is 0 Å². The highest BCUT2D eigenvalue weighted by Gasteiger charge is 2.12. The molecule has 0 bridgehead atoms. The van der Waals surface area contributed by atoms with Gasteiger partial charge in [0.25, 0.3) is 0 Å². The third kappa shape index (κ3) is 8.42. The molecule has 0 amide bonds. The van der Waals surface area contributed by atoms with E-state index in [1.807, 2.05) is 0 Å². The van der Waals surface area contributed by atoms with Gasteiger partial charge >= 0.3 is 0 Å². The van der Waals surface area contributed by atoms with Crippen LogP contribution in [0.25, 0.3) is 10.8 Å². The lowest BCUT2D eigenvalue weighted by atomic mass is 10.1. The minimum Gasteiger partial charge on any atom is -0.744 e. The fourth-order valence-corrected chi connectivity index (χ4v) is 5.34. The Hall–Kier alpha value is -1.56. The van der Waals surface area contributed by atoms with Gasteiger partial charge in [-0.3, -0.25) is 0 Å². The van der Waals surface area contributed by atoms with Crippen molar-refractivity contribution >= 4 is 31.0 Å². The van der Waals surface area contributed by atoms with E-state index in [4.69, 9.17) is 0 Å². The normalized spacial score (nSPS) is 21.6. The summed E-state index contributed by atoms with van der Waals surface area (Å²) in [7, 11) is -9.48. The van der Waals surface area contributed by atoms with Crippen LogP contribution in [-0.4, -0.2) is 51.1 Å². The molecule has 8 nitrogen and oxygen atoms in total. The van der Waals surface area contributed by atoms with Gasteiger partial charge in [0.2, 0.25) is 0 Å². The van der Waals surface area contributed by atoms with Crippen LogP contribution in [0.4, 0.5) is 0 Å². The summed E-state index contributed by atoms with van der Waals surface area (Å²) in [5.41, 5.74) is 0. The molecule has 2 aliphatic heterocycles. The molecule has 2 aromatic rings. The van der Waals surface area contributed by atoms with E-state index in [-0.39, 0.29) is 10.8 Å². The Kier molecular flexibility index (Phi) is 10.1. The summed E-state index contributed by atoms with van der Waals surface area (Å²) in [6.07, 6.45) is 8.64. The van der Waals surface area contributed by atoms with Crippen LogP contribution in [0, 0.1) is 0 Å². The largest absolute Gasteiger partial charge is 0.744 e. The van der Waals surface area contributed by atoms with Crippen LogP contribution in [0.1, 0.15) is 52.4 Å². The molecule has 32 heavy (non-hydrogen) atoms. The van der Waals surface area contributed by atoms with Crippen LogP contribution >= 0.6 is 0 Å². The van der Waals surface area contributed by atoms with Crippen LogP contribution in [0.2, 0.25) is 0 Å². The van der Waals surface area contributed by atoms with Gasteiger partial charge in [-0.1, -0.05) is 24.3 Å². The van der Waals surface area contributed by atoms with Crippen molar-refractivity contribution in [3.63, 3.8) is 0 Å². The molecule has 2 aliphatic rings. The maximum absolute atomic E-state index is 11.0. The van der Waals surface area contributed by atoms with E-state index >= 15 is 0 Å². The Morgan fingerprint density at radius 2 is 1.06 bits per heavy atom. The van der Waals surface area contributed by atoms with Gasteiger partial charge in [0.15, 0.2) is 0 Å². The van der Waals surface area contributed by atoms with E-state index in [1.54, 1.807) is 0 Å². The minimum atomic E-state index is -4.74. The Morgan fingerprint density at radius 3 is 1.28 bits per heavy atom. The smallest absolute Gasteiger partial charge is 0.125 e. The SMILES string of the molecule is C[C@@H]1CCCC[NH2+]1.C[C@H]1CCCC[NH2+]1.O=S(=O)([O-])c1cccc2c(S(=O)(=O)[O-])cccc12. The minimum absolute atomic E-state index is 0.0792. The second-order valence-corrected chi connectivity index (χ2v) is 11.2. The van der Waals surface area contributed by atoms with Crippen LogP contribution in [0.15, 0.2) is 46.2 Å². The zero-order chi connectivity index (χ0) is 23.8. The van der Waals surface area contributed by atoms with Crippen molar-refractivity contribution in [1.29, 1.82) is 0 Å². The number of hydrogen-bond donors (Lipinski definition) is 2. The first kappa shape index (κ1) is 26.7. The molecule has 0 unspecified atom stereocenters. The highest BCUT2D eigenvalue weighted by Crippen LogP contribution is 2.27. The maximum Gasteiger partial charge on any atom is 0.125 e. The Balaban J connectivity index is 0.000000211. The van der Waals surface area contributed by atoms with Gasteiger partial charge in [0.05, 0.1) is 35.0 Å². The molecule has 0 spiro atoms. The standard InChI is InChI=1S/C10H8O6S2.2C6H13N/c11-17(12,13)9-5-1-3-7-8(9)4-2-6-10(7)18(14,15)16;2*1-6-4-2-3-5-7-6/h1-6H,(H,11,12,13)(H,14,15,16);2*6-7H,2-5H2,1H3/t;2*6-/m.10/s1. The van der Waals surface area contributed by atoms with Crippen LogP contribution in [0.5, 0.6) is 0 Å². The maximum atomic E-state index is 11.0. The third-order valence-corrected chi connectivity index (χ3v) is 7.54. The van der Waals surface area contributed by atoms with Crippen molar-refractivity contribution in [2.45, 2.75) is 74.2 Å². The van der Waals surface area contributed by atoms with Crippen molar-refractivity contribution in [2.75, 3.05) is 13.1 Å². The van der Waals surface area contributed by atoms with E-state index < -0.39 is 30.0 Å². The molecule has 4 N–H and O–H groups in total. The van der Waals surface area contributed by atoms with E-state index in [0.29, 0.717) is 0 Å². The van der Waals surface area contributed by atoms with Crippen molar-refractivity contribution in [1.82, 2.24) is 0 Å². The summed E-state index contributed by atoms with van der Waals surface area (Å²) in [4.78, 5) is -1.10. The molecule has 2 heterocycles. The van der Waals surface area contributed by atoms with Gasteiger partial charge in [-0.25, -0.2) is 16.8 Å². The average Bonchev–Trinajstić information content (AvgIpc) is 2.73. The molecule has 4 rings (SSSR count). The lowest BCUT2D eigenvalue weighted by Gasteiger charge is -2.14. The first-order valence-electron chi connectivity index (χ1n) is 11.1. The molecule has 2 fully saturated rings. The highest BCUT2D eigenvalue weighted by atomic mass is 32.2. The second kappa shape index (κ2) is 12.1. The summed E-state index contributed by atoms with van der Waals surface area (Å²) in [5.74, 6) is 0. The Morgan fingerprint density at radius 1 is 0.688 bits per heavy atom. The first-order valence-corrected chi connectivity index (χ1v) is 13.9. The number of rotatable bonds is 2. The molecule has 2 aromatic carbocycles. The Bertz CT molecular complexity index is 988. The average molecular weight is 487 g/mol. The Labute approximate surface area is 191 Å². The number of hydrogen-bond acceptors (Lipinski definition) is 6. The van der Waals surface area contributed by atoms with Crippen molar-refractivity contribution < 1.29 is 36.6 Å².